The van der Waals surface area contributed by atoms with Crippen LogP contribution in [0.15, 0.2) is 40.9 Å². The fourth-order valence-corrected chi connectivity index (χ4v) is 2.72. The molecular weight excluding hydrogens is 394 g/mol. The standard InChI is InChI=1S/C18H17BrClNO3/c1-10-5-4-6-11(2)16(10)21-17(22)12(3)24-18(23)14-9-13(19)7-8-15(14)20/h4-9,12H,1-3H3,(H,21,22). The molecule has 0 aliphatic carbocycles. The molecule has 1 amide bonds. The number of para-hydroxylation sites is 1. The van der Waals surface area contributed by atoms with Gasteiger partial charge in [0.2, 0.25) is 0 Å². The molecular formula is C18H17BrClNO3. The first kappa shape index (κ1) is 18.5. The zero-order valence-electron chi connectivity index (χ0n) is 13.5. The summed E-state index contributed by atoms with van der Waals surface area (Å²) in [5.74, 6) is -1.04. The molecule has 1 atom stereocenters. The average molecular weight is 411 g/mol. The highest BCUT2D eigenvalue weighted by atomic mass is 79.9. The lowest BCUT2D eigenvalue weighted by Gasteiger charge is -2.16. The van der Waals surface area contributed by atoms with E-state index in [1.54, 1.807) is 18.2 Å². The van der Waals surface area contributed by atoms with Crippen LogP contribution in [0.25, 0.3) is 0 Å². The largest absolute Gasteiger partial charge is 0.449 e. The number of hydrogen-bond acceptors (Lipinski definition) is 3. The van der Waals surface area contributed by atoms with Gasteiger partial charge in [0, 0.05) is 10.2 Å². The fourth-order valence-electron chi connectivity index (χ4n) is 2.17. The molecule has 0 spiro atoms. The highest BCUT2D eigenvalue weighted by molar-refractivity contribution is 9.10. The van der Waals surface area contributed by atoms with E-state index in [9.17, 15) is 9.59 Å². The van der Waals surface area contributed by atoms with Crippen LogP contribution in [-0.4, -0.2) is 18.0 Å². The molecule has 0 fully saturated rings. The highest BCUT2D eigenvalue weighted by Crippen LogP contribution is 2.23. The Balaban J connectivity index is 2.09. The van der Waals surface area contributed by atoms with Crippen molar-refractivity contribution in [1.29, 1.82) is 0 Å². The smallest absolute Gasteiger partial charge is 0.340 e. The summed E-state index contributed by atoms with van der Waals surface area (Å²) >= 11 is 9.28. The topological polar surface area (TPSA) is 55.4 Å². The minimum absolute atomic E-state index is 0.206. The van der Waals surface area contributed by atoms with Crippen LogP contribution in [0.2, 0.25) is 5.02 Å². The first-order valence-electron chi connectivity index (χ1n) is 7.32. The molecule has 0 radical (unpaired) electrons. The van der Waals surface area contributed by atoms with Gasteiger partial charge in [-0.2, -0.15) is 0 Å². The highest BCUT2D eigenvalue weighted by Gasteiger charge is 2.21. The quantitative estimate of drug-likeness (QED) is 0.729. The molecule has 0 aliphatic heterocycles. The maximum atomic E-state index is 12.3. The van der Waals surface area contributed by atoms with E-state index in [0.29, 0.717) is 4.47 Å². The van der Waals surface area contributed by atoms with Crippen LogP contribution in [0.4, 0.5) is 5.69 Å². The predicted molar refractivity (Wildman–Crippen MR) is 98.6 cm³/mol. The van der Waals surface area contributed by atoms with Gasteiger partial charge in [0.05, 0.1) is 10.6 Å². The number of nitrogens with one attached hydrogen (secondary N) is 1. The summed E-state index contributed by atoms with van der Waals surface area (Å²) in [4.78, 5) is 24.5. The third kappa shape index (κ3) is 4.36. The van der Waals surface area contributed by atoms with Gasteiger partial charge in [-0.15, -0.1) is 0 Å². The normalized spacial score (nSPS) is 11.7. The van der Waals surface area contributed by atoms with E-state index in [-0.39, 0.29) is 10.6 Å². The molecule has 4 nitrogen and oxygen atoms in total. The van der Waals surface area contributed by atoms with E-state index >= 15 is 0 Å². The second kappa shape index (κ2) is 7.81. The molecule has 24 heavy (non-hydrogen) atoms. The molecule has 126 valence electrons. The maximum Gasteiger partial charge on any atom is 0.340 e. The summed E-state index contributed by atoms with van der Waals surface area (Å²) in [5, 5.41) is 3.07. The molecule has 0 heterocycles. The third-order valence-electron chi connectivity index (χ3n) is 3.53. The van der Waals surface area contributed by atoms with Crippen molar-refractivity contribution in [3.8, 4) is 0 Å². The SMILES string of the molecule is Cc1cccc(C)c1NC(=O)C(C)OC(=O)c1cc(Br)ccc1Cl. The van der Waals surface area contributed by atoms with Crippen LogP contribution in [-0.2, 0) is 9.53 Å². The molecule has 0 saturated carbocycles. The Kier molecular flexibility index (Phi) is 6.02. The third-order valence-corrected chi connectivity index (χ3v) is 4.35. The molecule has 2 aromatic rings. The minimum atomic E-state index is -0.952. The van der Waals surface area contributed by atoms with Crippen molar-refractivity contribution >= 4 is 45.1 Å². The number of esters is 1. The van der Waals surface area contributed by atoms with Crippen LogP contribution < -0.4 is 5.32 Å². The lowest BCUT2D eigenvalue weighted by atomic mass is 10.1. The Hall–Kier alpha value is -1.85. The summed E-state index contributed by atoms with van der Waals surface area (Å²) in [6.07, 6.45) is -0.952. The molecule has 2 rings (SSSR count). The summed E-state index contributed by atoms with van der Waals surface area (Å²) in [6.45, 7) is 5.33. The molecule has 1 unspecified atom stereocenters. The zero-order valence-corrected chi connectivity index (χ0v) is 15.9. The first-order valence-corrected chi connectivity index (χ1v) is 8.50. The van der Waals surface area contributed by atoms with Gasteiger partial charge in [0.1, 0.15) is 0 Å². The summed E-state index contributed by atoms with van der Waals surface area (Å²) < 4.78 is 5.93. The lowest BCUT2D eigenvalue weighted by molar-refractivity contribution is -0.123. The minimum Gasteiger partial charge on any atom is -0.449 e. The van der Waals surface area contributed by atoms with Crippen molar-refractivity contribution in [2.75, 3.05) is 5.32 Å². The number of anilines is 1. The second-order valence-electron chi connectivity index (χ2n) is 5.43. The van der Waals surface area contributed by atoms with E-state index in [1.165, 1.54) is 6.92 Å². The maximum absolute atomic E-state index is 12.3. The van der Waals surface area contributed by atoms with Gasteiger partial charge in [-0.05, 0) is 50.1 Å². The molecule has 0 bridgehead atoms. The molecule has 1 N–H and O–H groups in total. The molecule has 2 aromatic carbocycles. The van der Waals surface area contributed by atoms with Gasteiger partial charge >= 0.3 is 5.97 Å². The number of benzene rings is 2. The van der Waals surface area contributed by atoms with Crippen molar-refractivity contribution in [3.05, 3.63) is 62.6 Å². The zero-order chi connectivity index (χ0) is 17.9. The van der Waals surface area contributed by atoms with Gasteiger partial charge < -0.3 is 10.1 Å². The summed E-state index contributed by atoms with van der Waals surface area (Å²) in [5.41, 5.74) is 2.82. The number of carbonyl (C=O) groups is 2. The number of carbonyl (C=O) groups excluding carboxylic acids is 2. The fraction of sp³-hybridized carbons (Fsp3) is 0.222. The summed E-state index contributed by atoms with van der Waals surface area (Å²) in [6, 6.07) is 10.6. The Morgan fingerprint density at radius 1 is 1.17 bits per heavy atom. The predicted octanol–water partition coefficient (Wildman–Crippen LogP) is 4.90. The number of hydrogen-bond donors (Lipinski definition) is 1. The number of ether oxygens (including phenoxy) is 1. The molecule has 0 saturated heterocycles. The lowest BCUT2D eigenvalue weighted by Crippen LogP contribution is -2.30. The van der Waals surface area contributed by atoms with Gasteiger partial charge in [0.25, 0.3) is 5.91 Å². The Labute approximate surface area is 154 Å². The van der Waals surface area contributed by atoms with Gasteiger partial charge in [-0.3, -0.25) is 4.79 Å². The average Bonchev–Trinajstić information content (AvgIpc) is 2.53. The van der Waals surface area contributed by atoms with Crippen LogP contribution in [0.5, 0.6) is 0 Å². The molecule has 0 aliphatic rings. The van der Waals surface area contributed by atoms with Crippen molar-refractivity contribution in [2.24, 2.45) is 0 Å². The van der Waals surface area contributed by atoms with Gasteiger partial charge in [-0.1, -0.05) is 45.7 Å². The number of aryl methyl sites for hydroxylation is 2. The second-order valence-corrected chi connectivity index (χ2v) is 6.75. The number of amides is 1. The van der Waals surface area contributed by atoms with Crippen molar-refractivity contribution < 1.29 is 14.3 Å². The van der Waals surface area contributed by atoms with E-state index in [0.717, 1.165) is 16.8 Å². The van der Waals surface area contributed by atoms with E-state index < -0.39 is 18.0 Å². The van der Waals surface area contributed by atoms with E-state index in [2.05, 4.69) is 21.2 Å². The summed E-state index contributed by atoms with van der Waals surface area (Å²) in [7, 11) is 0. The van der Waals surface area contributed by atoms with Crippen molar-refractivity contribution in [3.63, 3.8) is 0 Å². The van der Waals surface area contributed by atoms with E-state index in [4.69, 9.17) is 16.3 Å². The Morgan fingerprint density at radius 3 is 2.42 bits per heavy atom. The monoisotopic (exact) mass is 409 g/mol. The van der Waals surface area contributed by atoms with Crippen LogP contribution in [0, 0.1) is 13.8 Å². The molecule has 6 heteroatoms. The number of halogens is 2. The first-order chi connectivity index (χ1) is 11.3. The van der Waals surface area contributed by atoms with Crippen LogP contribution >= 0.6 is 27.5 Å². The van der Waals surface area contributed by atoms with Crippen LogP contribution in [0.3, 0.4) is 0 Å². The van der Waals surface area contributed by atoms with Crippen molar-refractivity contribution in [2.45, 2.75) is 26.9 Å². The van der Waals surface area contributed by atoms with Crippen molar-refractivity contribution in [1.82, 2.24) is 0 Å². The van der Waals surface area contributed by atoms with Gasteiger partial charge in [-0.25, -0.2) is 4.79 Å². The van der Waals surface area contributed by atoms with Crippen LogP contribution in [0.1, 0.15) is 28.4 Å². The van der Waals surface area contributed by atoms with Gasteiger partial charge in [0.15, 0.2) is 6.10 Å². The van der Waals surface area contributed by atoms with E-state index in [1.807, 2.05) is 32.0 Å². The molecule has 0 aromatic heterocycles. The number of rotatable bonds is 4. The Morgan fingerprint density at radius 2 is 1.79 bits per heavy atom. The Bertz CT molecular complexity index is 772.